The van der Waals surface area contributed by atoms with Crippen LogP contribution in [0.4, 0.5) is 0 Å². The van der Waals surface area contributed by atoms with Crippen molar-refractivity contribution in [3.63, 3.8) is 0 Å². The molecule has 18 heavy (non-hydrogen) atoms. The minimum Gasteiger partial charge on any atom is -0.481 e. The lowest BCUT2D eigenvalue weighted by Crippen LogP contribution is -2.53. The summed E-state index contributed by atoms with van der Waals surface area (Å²) in [5, 5.41) is 11.6. The van der Waals surface area contributed by atoms with Crippen LogP contribution >= 0.6 is 0 Å². The van der Waals surface area contributed by atoms with Crippen molar-refractivity contribution < 1.29 is 24.2 Å². The number of hydrogen-bond donors (Lipinski definition) is 2. The van der Waals surface area contributed by atoms with E-state index in [0.29, 0.717) is 6.42 Å². The molecular weight excluding hydrogens is 238 g/mol. The van der Waals surface area contributed by atoms with E-state index in [1.54, 1.807) is 6.92 Å². The molecule has 3 unspecified atom stereocenters. The van der Waals surface area contributed by atoms with E-state index < -0.39 is 17.6 Å². The van der Waals surface area contributed by atoms with Gasteiger partial charge in [0.05, 0.1) is 24.7 Å². The van der Waals surface area contributed by atoms with Gasteiger partial charge in [0.2, 0.25) is 5.91 Å². The molecule has 0 aromatic carbocycles. The molecule has 1 heterocycles. The number of carbonyl (C=O) groups excluding carboxylic acids is 1. The predicted octanol–water partition coefficient (Wildman–Crippen LogP) is 0.550. The highest BCUT2D eigenvalue weighted by molar-refractivity contribution is 5.82. The summed E-state index contributed by atoms with van der Waals surface area (Å²) in [6.07, 6.45) is 0.926. The number of rotatable bonds is 6. The molecule has 6 nitrogen and oxygen atoms in total. The van der Waals surface area contributed by atoms with Crippen molar-refractivity contribution in [2.75, 3.05) is 13.7 Å². The van der Waals surface area contributed by atoms with E-state index in [9.17, 15) is 9.59 Å². The van der Waals surface area contributed by atoms with Gasteiger partial charge in [-0.15, -0.1) is 0 Å². The fourth-order valence-electron chi connectivity index (χ4n) is 2.16. The number of aliphatic carboxylic acids is 1. The van der Waals surface area contributed by atoms with E-state index in [-0.39, 0.29) is 25.0 Å². The Bertz CT molecular complexity index is 320. The molecule has 6 heteroatoms. The summed E-state index contributed by atoms with van der Waals surface area (Å²) in [6.45, 7) is 3.72. The van der Waals surface area contributed by atoms with Gasteiger partial charge in [-0.2, -0.15) is 0 Å². The zero-order valence-corrected chi connectivity index (χ0v) is 11.1. The maximum absolute atomic E-state index is 12.0. The SMILES string of the molecule is COCC(C)(CC(=O)O)NC(=O)C1CCC(C)O1. The summed E-state index contributed by atoms with van der Waals surface area (Å²) < 4.78 is 10.4. The molecule has 1 rings (SSSR count). The Morgan fingerprint density at radius 2 is 2.17 bits per heavy atom. The molecule has 0 bridgehead atoms. The van der Waals surface area contributed by atoms with Crippen LogP contribution in [-0.2, 0) is 19.1 Å². The molecule has 0 aromatic rings. The van der Waals surface area contributed by atoms with Gasteiger partial charge < -0.3 is 19.9 Å². The molecule has 1 aliphatic rings. The Morgan fingerprint density at radius 1 is 1.50 bits per heavy atom. The van der Waals surface area contributed by atoms with Crippen LogP contribution in [0.3, 0.4) is 0 Å². The van der Waals surface area contributed by atoms with Gasteiger partial charge in [0.1, 0.15) is 6.10 Å². The summed E-state index contributed by atoms with van der Waals surface area (Å²) >= 11 is 0. The minimum atomic E-state index is -0.976. The number of nitrogens with one attached hydrogen (secondary N) is 1. The zero-order chi connectivity index (χ0) is 13.8. The molecule has 1 aliphatic heterocycles. The lowest BCUT2D eigenvalue weighted by atomic mass is 9.98. The van der Waals surface area contributed by atoms with Crippen LogP contribution in [0, 0.1) is 0 Å². The average Bonchev–Trinajstić information content (AvgIpc) is 2.63. The summed E-state index contributed by atoms with van der Waals surface area (Å²) in [4.78, 5) is 22.8. The third kappa shape index (κ3) is 4.27. The molecule has 0 saturated carbocycles. The van der Waals surface area contributed by atoms with Crippen molar-refractivity contribution in [1.29, 1.82) is 0 Å². The fourth-order valence-corrected chi connectivity index (χ4v) is 2.16. The predicted molar refractivity (Wildman–Crippen MR) is 64.2 cm³/mol. The Morgan fingerprint density at radius 3 is 2.61 bits per heavy atom. The summed E-state index contributed by atoms with van der Waals surface area (Å²) in [5.41, 5.74) is -0.910. The van der Waals surface area contributed by atoms with Crippen LogP contribution in [0.15, 0.2) is 0 Å². The molecule has 0 spiro atoms. The van der Waals surface area contributed by atoms with Crippen molar-refractivity contribution in [3.8, 4) is 0 Å². The number of ether oxygens (including phenoxy) is 2. The highest BCUT2D eigenvalue weighted by atomic mass is 16.5. The highest BCUT2D eigenvalue weighted by Gasteiger charge is 2.35. The molecule has 1 fully saturated rings. The van der Waals surface area contributed by atoms with E-state index in [1.165, 1.54) is 7.11 Å². The molecule has 3 atom stereocenters. The van der Waals surface area contributed by atoms with E-state index in [1.807, 2.05) is 6.92 Å². The quantitative estimate of drug-likeness (QED) is 0.727. The van der Waals surface area contributed by atoms with Crippen LogP contribution in [-0.4, -0.2) is 48.4 Å². The van der Waals surface area contributed by atoms with Gasteiger partial charge in [-0.25, -0.2) is 0 Å². The molecule has 0 aromatic heterocycles. The first kappa shape index (κ1) is 14.9. The van der Waals surface area contributed by atoms with Crippen LogP contribution in [0.25, 0.3) is 0 Å². The van der Waals surface area contributed by atoms with Gasteiger partial charge in [-0.3, -0.25) is 9.59 Å². The molecule has 0 radical (unpaired) electrons. The van der Waals surface area contributed by atoms with Gasteiger partial charge in [-0.1, -0.05) is 0 Å². The van der Waals surface area contributed by atoms with E-state index >= 15 is 0 Å². The maximum Gasteiger partial charge on any atom is 0.305 e. The molecule has 0 aliphatic carbocycles. The first-order valence-electron chi connectivity index (χ1n) is 6.04. The van der Waals surface area contributed by atoms with Gasteiger partial charge in [0, 0.05) is 7.11 Å². The van der Waals surface area contributed by atoms with E-state index in [4.69, 9.17) is 14.6 Å². The van der Waals surface area contributed by atoms with Crippen LogP contribution in [0.5, 0.6) is 0 Å². The van der Waals surface area contributed by atoms with Gasteiger partial charge >= 0.3 is 5.97 Å². The average molecular weight is 259 g/mol. The maximum atomic E-state index is 12.0. The van der Waals surface area contributed by atoms with Gasteiger partial charge in [-0.05, 0) is 26.7 Å². The van der Waals surface area contributed by atoms with E-state index in [2.05, 4.69) is 5.32 Å². The first-order valence-corrected chi connectivity index (χ1v) is 6.04. The Labute approximate surface area is 107 Å². The third-order valence-electron chi connectivity index (χ3n) is 2.95. The largest absolute Gasteiger partial charge is 0.481 e. The number of hydrogen-bond acceptors (Lipinski definition) is 4. The monoisotopic (exact) mass is 259 g/mol. The summed E-state index contributed by atoms with van der Waals surface area (Å²) in [5.74, 6) is -1.24. The van der Waals surface area contributed by atoms with Crippen molar-refractivity contribution in [3.05, 3.63) is 0 Å². The third-order valence-corrected chi connectivity index (χ3v) is 2.95. The van der Waals surface area contributed by atoms with Gasteiger partial charge in [0.15, 0.2) is 0 Å². The molecule has 104 valence electrons. The second-order valence-electron chi connectivity index (χ2n) is 5.07. The second kappa shape index (κ2) is 6.15. The molecule has 2 N–H and O–H groups in total. The number of methoxy groups -OCH3 is 1. The van der Waals surface area contributed by atoms with Crippen LogP contribution in [0.1, 0.15) is 33.1 Å². The Kier molecular flexibility index (Phi) is 5.10. The number of carbonyl (C=O) groups is 2. The number of amides is 1. The summed E-state index contributed by atoms with van der Waals surface area (Å²) in [6, 6.07) is 0. The van der Waals surface area contributed by atoms with Crippen LogP contribution < -0.4 is 5.32 Å². The van der Waals surface area contributed by atoms with Crippen molar-refractivity contribution in [1.82, 2.24) is 5.32 Å². The second-order valence-corrected chi connectivity index (χ2v) is 5.07. The first-order chi connectivity index (χ1) is 8.36. The number of carboxylic acid groups (broad SMARTS) is 1. The fraction of sp³-hybridized carbons (Fsp3) is 0.833. The van der Waals surface area contributed by atoms with E-state index in [0.717, 1.165) is 6.42 Å². The van der Waals surface area contributed by atoms with Gasteiger partial charge in [0.25, 0.3) is 0 Å². The highest BCUT2D eigenvalue weighted by Crippen LogP contribution is 2.20. The van der Waals surface area contributed by atoms with Crippen molar-refractivity contribution in [2.45, 2.75) is 50.9 Å². The molecule has 1 saturated heterocycles. The Balaban J connectivity index is 2.59. The smallest absolute Gasteiger partial charge is 0.305 e. The zero-order valence-electron chi connectivity index (χ0n) is 11.1. The molecule has 1 amide bonds. The topological polar surface area (TPSA) is 84.9 Å². The normalized spacial score (nSPS) is 26.6. The molecular formula is C12H21NO5. The summed E-state index contributed by atoms with van der Waals surface area (Å²) in [7, 11) is 1.47. The number of carboxylic acids is 1. The lowest BCUT2D eigenvalue weighted by molar-refractivity contribution is -0.141. The van der Waals surface area contributed by atoms with Crippen molar-refractivity contribution >= 4 is 11.9 Å². The minimum absolute atomic E-state index is 0.0777. The standard InChI is InChI=1S/C12H21NO5/c1-8-4-5-9(18-8)11(16)13-12(2,7-17-3)6-10(14)15/h8-9H,4-7H2,1-3H3,(H,13,16)(H,14,15). The van der Waals surface area contributed by atoms with Crippen LogP contribution in [0.2, 0.25) is 0 Å². The van der Waals surface area contributed by atoms with Crippen molar-refractivity contribution in [2.24, 2.45) is 0 Å². The lowest BCUT2D eigenvalue weighted by Gasteiger charge is -2.29. The Hall–Kier alpha value is -1.14.